The van der Waals surface area contributed by atoms with Crippen LogP contribution in [0, 0.1) is 6.92 Å². The zero-order chi connectivity index (χ0) is 22.0. The number of carbonyl (C=O) groups excluding carboxylic acids is 1. The first-order valence-corrected chi connectivity index (χ1v) is 10.1. The third-order valence-electron chi connectivity index (χ3n) is 5.36. The molecule has 31 heavy (non-hydrogen) atoms. The van der Waals surface area contributed by atoms with Gasteiger partial charge in [0.15, 0.2) is 0 Å². The number of hydrogen-bond acceptors (Lipinski definition) is 3. The maximum absolute atomic E-state index is 13.5. The number of fused-ring (bicyclic) bond motifs is 1. The van der Waals surface area contributed by atoms with Crippen molar-refractivity contribution in [1.82, 2.24) is 14.5 Å². The van der Waals surface area contributed by atoms with Crippen molar-refractivity contribution in [3.05, 3.63) is 101 Å². The number of amides is 2. The zero-order valence-corrected chi connectivity index (χ0v) is 17.7. The molecule has 6 heteroatoms. The Hall–Kier alpha value is -3.93. The Balaban J connectivity index is 1.81. The van der Waals surface area contributed by atoms with Crippen molar-refractivity contribution in [1.29, 1.82) is 0 Å². The van der Waals surface area contributed by atoms with Crippen molar-refractivity contribution in [2.24, 2.45) is 0 Å². The predicted molar refractivity (Wildman–Crippen MR) is 124 cm³/mol. The minimum absolute atomic E-state index is 0.157. The largest absolute Gasteiger partial charge is 0.322 e. The minimum atomic E-state index is -0.457. The third-order valence-corrected chi connectivity index (χ3v) is 5.36. The van der Waals surface area contributed by atoms with Crippen LogP contribution in [0.25, 0.3) is 16.6 Å². The van der Waals surface area contributed by atoms with Crippen LogP contribution in [0.5, 0.6) is 0 Å². The second-order valence-corrected chi connectivity index (χ2v) is 7.55. The van der Waals surface area contributed by atoms with Gasteiger partial charge < -0.3 is 10.2 Å². The van der Waals surface area contributed by atoms with Gasteiger partial charge in [0.05, 0.1) is 22.6 Å². The summed E-state index contributed by atoms with van der Waals surface area (Å²) in [7, 11) is 1.70. The molecule has 4 aromatic rings. The number of urea groups is 1. The Morgan fingerprint density at radius 1 is 1.00 bits per heavy atom. The van der Waals surface area contributed by atoms with E-state index in [2.05, 4.69) is 5.32 Å². The van der Waals surface area contributed by atoms with Gasteiger partial charge in [0.1, 0.15) is 5.82 Å². The molecule has 0 aliphatic rings. The topological polar surface area (TPSA) is 67.2 Å². The van der Waals surface area contributed by atoms with Crippen LogP contribution in [-0.4, -0.2) is 27.5 Å². The fourth-order valence-corrected chi connectivity index (χ4v) is 3.53. The number of anilines is 1. The molecule has 156 valence electrons. The molecule has 4 rings (SSSR count). The van der Waals surface area contributed by atoms with E-state index in [0.29, 0.717) is 22.4 Å². The molecule has 0 saturated carbocycles. The maximum Gasteiger partial charge on any atom is 0.322 e. The summed E-state index contributed by atoms with van der Waals surface area (Å²) >= 11 is 0. The van der Waals surface area contributed by atoms with E-state index in [1.54, 1.807) is 22.6 Å². The second-order valence-electron chi connectivity index (χ2n) is 7.55. The van der Waals surface area contributed by atoms with Gasteiger partial charge in [0, 0.05) is 12.7 Å². The summed E-state index contributed by atoms with van der Waals surface area (Å²) in [6, 6.07) is 23.5. The number of nitrogens with one attached hydrogen (secondary N) is 1. The van der Waals surface area contributed by atoms with Crippen molar-refractivity contribution < 1.29 is 4.79 Å². The SMILES string of the molecule is Cc1cccc(-n2c(C(C)N(C)C(=O)Nc3ccccc3)nc3ccccc3c2=O)c1. The van der Waals surface area contributed by atoms with E-state index >= 15 is 0 Å². The lowest BCUT2D eigenvalue weighted by Crippen LogP contribution is -2.37. The molecule has 1 N–H and O–H groups in total. The van der Waals surface area contributed by atoms with E-state index in [9.17, 15) is 9.59 Å². The summed E-state index contributed by atoms with van der Waals surface area (Å²) in [6.45, 7) is 3.85. The van der Waals surface area contributed by atoms with Crippen molar-refractivity contribution >= 4 is 22.6 Å². The highest BCUT2D eigenvalue weighted by molar-refractivity contribution is 5.89. The molecule has 0 aliphatic carbocycles. The van der Waals surface area contributed by atoms with E-state index in [4.69, 9.17) is 4.98 Å². The van der Waals surface area contributed by atoms with Crippen LogP contribution in [0.15, 0.2) is 83.7 Å². The van der Waals surface area contributed by atoms with Crippen molar-refractivity contribution in [3.8, 4) is 5.69 Å². The maximum atomic E-state index is 13.5. The average molecular weight is 412 g/mol. The Kier molecular flexibility index (Phi) is 5.54. The molecule has 6 nitrogen and oxygen atoms in total. The number of rotatable bonds is 4. The standard InChI is InChI=1S/C25H24N4O2/c1-17-10-9-13-20(16-17)29-23(27-22-15-8-7-14-21(22)24(29)30)18(2)28(3)25(31)26-19-11-5-4-6-12-19/h4-16,18H,1-3H3,(H,26,31). The van der Waals surface area contributed by atoms with Gasteiger partial charge in [-0.25, -0.2) is 9.78 Å². The highest BCUT2D eigenvalue weighted by Crippen LogP contribution is 2.23. The lowest BCUT2D eigenvalue weighted by Gasteiger charge is -2.27. The van der Waals surface area contributed by atoms with Gasteiger partial charge in [-0.3, -0.25) is 9.36 Å². The molecule has 0 radical (unpaired) electrons. The fourth-order valence-electron chi connectivity index (χ4n) is 3.53. The normalized spacial score (nSPS) is 11.8. The number of aryl methyl sites for hydroxylation is 1. The van der Waals surface area contributed by atoms with Crippen molar-refractivity contribution in [2.45, 2.75) is 19.9 Å². The number of carbonyl (C=O) groups is 1. The molecular formula is C25H24N4O2. The Bertz CT molecular complexity index is 1300. The molecule has 0 spiro atoms. The van der Waals surface area contributed by atoms with E-state index < -0.39 is 6.04 Å². The van der Waals surface area contributed by atoms with Gasteiger partial charge in [-0.15, -0.1) is 0 Å². The lowest BCUT2D eigenvalue weighted by atomic mass is 10.1. The lowest BCUT2D eigenvalue weighted by molar-refractivity contribution is 0.205. The van der Waals surface area contributed by atoms with Gasteiger partial charge in [-0.05, 0) is 55.8 Å². The molecule has 2 amide bonds. The molecule has 0 saturated heterocycles. The molecule has 0 bridgehead atoms. The van der Waals surface area contributed by atoms with Gasteiger partial charge in [-0.2, -0.15) is 0 Å². The number of aromatic nitrogens is 2. The van der Waals surface area contributed by atoms with E-state index in [1.807, 2.05) is 86.6 Å². The molecule has 1 atom stereocenters. The fraction of sp³-hybridized carbons (Fsp3) is 0.160. The monoisotopic (exact) mass is 412 g/mol. The number of hydrogen-bond donors (Lipinski definition) is 1. The summed E-state index contributed by atoms with van der Waals surface area (Å²) in [5.74, 6) is 0.500. The quantitative estimate of drug-likeness (QED) is 0.517. The van der Waals surface area contributed by atoms with Crippen molar-refractivity contribution in [3.63, 3.8) is 0 Å². The summed E-state index contributed by atoms with van der Waals surface area (Å²) in [5.41, 5.74) is 2.91. The van der Waals surface area contributed by atoms with Crippen LogP contribution in [0.2, 0.25) is 0 Å². The number of para-hydroxylation sites is 2. The summed E-state index contributed by atoms with van der Waals surface area (Å²) < 4.78 is 1.60. The Labute approximate surface area is 180 Å². The first-order valence-electron chi connectivity index (χ1n) is 10.1. The minimum Gasteiger partial charge on any atom is -0.318 e. The molecule has 3 aromatic carbocycles. The zero-order valence-electron chi connectivity index (χ0n) is 17.7. The Morgan fingerprint density at radius 3 is 2.45 bits per heavy atom. The van der Waals surface area contributed by atoms with Crippen molar-refractivity contribution in [2.75, 3.05) is 12.4 Å². The van der Waals surface area contributed by atoms with Crippen LogP contribution in [0.3, 0.4) is 0 Å². The number of benzene rings is 3. The van der Waals surface area contributed by atoms with Crippen LogP contribution >= 0.6 is 0 Å². The second kappa shape index (κ2) is 8.44. The summed E-state index contributed by atoms with van der Waals surface area (Å²) in [4.78, 5) is 32.7. The van der Waals surface area contributed by atoms with Gasteiger partial charge in [0.25, 0.3) is 5.56 Å². The van der Waals surface area contributed by atoms with E-state index in [0.717, 1.165) is 11.3 Å². The van der Waals surface area contributed by atoms with Gasteiger partial charge in [-0.1, -0.05) is 42.5 Å². The molecule has 1 aromatic heterocycles. The van der Waals surface area contributed by atoms with E-state index in [1.165, 1.54) is 0 Å². The molecule has 0 fully saturated rings. The predicted octanol–water partition coefficient (Wildman–Crippen LogP) is 4.92. The van der Waals surface area contributed by atoms with Crippen LogP contribution < -0.4 is 10.9 Å². The molecule has 0 aliphatic heterocycles. The van der Waals surface area contributed by atoms with Crippen LogP contribution in [-0.2, 0) is 0 Å². The summed E-state index contributed by atoms with van der Waals surface area (Å²) in [5, 5.41) is 3.42. The Morgan fingerprint density at radius 2 is 1.71 bits per heavy atom. The first kappa shape index (κ1) is 20.3. The van der Waals surface area contributed by atoms with E-state index in [-0.39, 0.29) is 11.6 Å². The van der Waals surface area contributed by atoms with Crippen LogP contribution in [0.4, 0.5) is 10.5 Å². The number of nitrogens with zero attached hydrogens (tertiary/aromatic N) is 3. The van der Waals surface area contributed by atoms with Gasteiger partial charge >= 0.3 is 6.03 Å². The highest BCUT2D eigenvalue weighted by Gasteiger charge is 2.24. The average Bonchev–Trinajstić information content (AvgIpc) is 2.78. The highest BCUT2D eigenvalue weighted by atomic mass is 16.2. The van der Waals surface area contributed by atoms with Gasteiger partial charge in [0.2, 0.25) is 0 Å². The molecule has 1 heterocycles. The smallest absolute Gasteiger partial charge is 0.318 e. The summed E-state index contributed by atoms with van der Waals surface area (Å²) in [6.07, 6.45) is 0. The first-order chi connectivity index (χ1) is 15.0. The van der Waals surface area contributed by atoms with Crippen LogP contribution in [0.1, 0.15) is 24.4 Å². The molecule has 1 unspecified atom stereocenters. The third kappa shape index (κ3) is 4.05. The molecular weight excluding hydrogens is 388 g/mol.